The number of hydrazone groups is 1. The molecule has 4 heteroatoms. The van der Waals surface area contributed by atoms with Crippen molar-refractivity contribution >= 4 is 11.6 Å². The van der Waals surface area contributed by atoms with Gasteiger partial charge in [0.25, 0.3) is 5.91 Å². The molecule has 0 radical (unpaired) electrons. The number of carbonyl (C=O) groups is 1. The van der Waals surface area contributed by atoms with Gasteiger partial charge in [0, 0.05) is 11.1 Å². The second-order valence-corrected chi connectivity index (χ2v) is 5.19. The van der Waals surface area contributed by atoms with E-state index in [1.807, 2.05) is 26.0 Å². The minimum atomic E-state index is -0.244. The SMILES string of the molecule is COc1ccc(C(=O)N/N=C(/C)c2ccc(C)cc2C)cc1. The molecule has 0 aliphatic heterocycles. The van der Waals surface area contributed by atoms with E-state index in [1.165, 1.54) is 5.56 Å². The summed E-state index contributed by atoms with van der Waals surface area (Å²) in [6.07, 6.45) is 0. The van der Waals surface area contributed by atoms with E-state index in [9.17, 15) is 4.79 Å². The highest BCUT2D eigenvalue weighted by atomic mass is 16.5. The third-order valence-corrected chi connectivity index (χ3v) is 3.45. The summed E-state index contributed by atoms with van der Waals surface area (Å²) in [6, 6.07) is 13.0. The fraction of sp³-hybridized carbons (Fsp3) is 0.222. The molecular weight excluding hydrogens is 276 g/mol. The fourth-order valence-corrected chi connectivity index (χ4v) is 2.22. The van der Waals surface area contributed by atoms with Crippen molar-refractivity contribution < 1.29 is 9.53 Å². The van der Waals surface area contributed by atoms with Crippen molar-refractivity contribution in [3.8, 4) is 5.75 Å². The Balaban J connectivity index is 2.10. The number of nitrogens with one attached hydrogen (secondary N) is 1. The van der Waals surface area contributed by atoms with Crippen LogP contribution >= 0.6 is 0 Å². The number of hydrogen-bond acceptors (Lipinski definition) is 3. The number of methoxy groups -OCH3 is 1. The Morgan fingerprint density at radius 2 is 1.77 bits per heavy atom. The van der Waals surface area contributed by atoms with Gasteiger partial charge in [-0.25, -0.2) is 5.43 Å². The Morgan fingerprint density at radius 1 is 1.09 bits per heavy atom. The molecular formula is C18H20N2O2. The van der Waals surface area contributed by atoms with Gasteiger partial charge in [0.2, 0.25) is 0 Å². The maximum absolute atomic E-state index is 12.1. The zero-order valence-corrected chi connectivity index (χ0v) is 13.3. The lowest BCUT2D eigenvalue weighted by Crippen LogP contribution is -2.19. The number of benzene rings is 2. The van der Waals surface area contributed by atoms with E-state index in [1.54, 1.807) is 31.4 Å². The van der Waals surface area contributed by atoms with Crippen LogP contribution < -0.4 is 10.2 Å². The average Bonchev–Trinajstić information content (AvgIpc) is 2.52. The molecule has 0 fully saturated rings. The molecule has 22 heavy (non-hydrogen) atoms. The van der Waals surface area contributed by atoms with Crippen LogP contribution in [0.5, 0.6) is 5.75 Å². The van der Waals surface area contributed by atoms with Crippen molar-refractivity contribution in [2.45, 2.75) is 20.8 Å². The summed E-state index contributed by atoms with van der Waals surface area (Å²) in [6.45, 7) is 5.97. The average molecular weight is 296 g/mol. The number of hydrogen-bond donors (Lipinski definition) is 1. The largest absolute Gasteiger partial charge is 0.497 e. The van der Waals surface area contributed by atoms with Gasteiger partial charge in [-0.1, -0.05) is 23.8 Å². The van der Waals surface area contributed by atoms with Crippen LogP contribution in [-0.2, 0) is 0 Å². The Kier molecular flexibility index (Phi) is 4.94. The molecule has 0 saturated heterocycles. The number of nitrogens with zero attached hydrogens (tertiary/aromatic N) is 1. The third kappa shape index (κ3) is 3.73. The van der Waals surface area contributed by atoms with Crippen LogP contribution in [0.15, 0.2) is 47.6 Å². The van der Waals surface area contributed by atoms with Crippen molar-refractivity contribution in [1.29, 1.82) is 0 Å². The lowest BCUT2D eigenvalue weighted by molar-refractivity contribution is 0.0955. The third-order valence-electron chi connectivity index (χ3n) is 3.45. The van der Waals surface area contributed by atoms with Gasteiger partial charge in [0.1, 0.15) is 5.75 Å². The zero-order chi connectivity index (χ0) is 16.1. The van der Waals surface area contributed by atoms with Crippen LogP contribution in [0.1, 0.15) is 34.0 Å². The van der Waals surface area contributed by atoms with E-state index in [2.05, 4.69) is 23.5 Å². The normalized spacial score (nSPS) is 11.2. The van der Waals surface area contributed by atoms with Gasteiger partial charge >= 0.3 is 0 Å². The van der Waals surface area contributed by atoms with E-state index in [0.717, 1.165) is 16.8 Å². The fourth-order valence-electron chi connectivity index (χ4n) is 2.22. The summed E-state index contributed by atoms with van der Waals surface area (Å²) < 4.78 is 5.07. The van der Waals surface area contributed by atoms with Gasteiger partial charge < -0.3 is 4.74 Å². The van der Waals surface area contributed by atoms with Crippen molar-refractivity contribution in [3.63, 3.8) is 0 Å². The Hall–Kier alpha value is -2.62. The van der Waals surface area contributed by atoms with Gasteiger partial charge in [-0.3, -0.25) is 4.79 Å². The van der Waals surface area contributed by atoms with Crippen molar-refractivity contribution in [2.24, 2.45) is 5.10 Å². The molecule has 1 N–H and O–H groups in total. The van der Waals surface area contributed by atoms with E-state index in [-0.39, 0.29) is 5.91 Å². The van der Waals surface area contributed by atoms with Crippen molar-refractivity contribution in [1.82, 2.24) is 5.43 Å². The van der Waals surface area contributed by atoms with E-state index < -0.39 is 0 Å². The Morgan fingerprint density at radius 3 is 2.36 bits per heavy atom. The van der Waals surface area contributed by atoms with E-state index >= 15 is 0 Å². The van der Waals surface area contributed by atoms with Crippen molar-refractivity contribution in [2.75, 3.05) is 7.11 Å². The molecule has 0 heterocycles. The Bertz CT molecular complexity index is 704. The molecule has 0 saturated carbocycles. The molecule has 0 aliphatic carbocycles. The van der Waals surface area contributed by atoms with Crippen LogP contribution in [0.3, 0.4) is 0 Å². The van der Waals surface area contributed by atoms with Crippen LogP contribution in [0.2, 0.25) is 0 Å². The minimum Gasteiger partial charge on any atom is -0.497 e. The minimum absolute atomic E-state index is 0.244. The highest BCUT2D eigenvalue weighted by Gasteiger charge is 2.06. The van der Waals surface area contributed by atoms with Gasteiger partial charge in [0.05, 0.1) is 12.8 Å². The summed E-state index contributed by atoms with van der Waals surface area (Å²) in [5.74, 6) is 0.471. The quantitative estimate of drug-likeness (QED) is 0.694. The lowest BCUT2D eigenvalue weighted by atomic mass is 10.0. The van der Waals surface area contributed by atoms with Gasteiger partial charge in [-0.15, -0.1) is 0 Å². The topological polar surface area (TPSA) is 50.7 Å². The van der Waals surface area contributed by atoms with Gasteiger partial charge in [-0.05, 0) is 50.6 Å². The molecule has 2 aromatic carbocycles. The predicted octanol–water partition coefficient (Wildman–Crippen LogP) is 3.47. The monoisotopic (exact) mass is 296 g/mol. The smallest absolute Gasteiger partial charge is 0.271 e. The molecule has 0 spiro atoms. The second-order valence-electron chi connectivity index (χ2n) is 5.19. The number of amides is 1. The molecule has 114 valence electrons. The highest BCUT2D eigenvalue weighted by molar-refractivity contribution is 6.01. The van der Waals surface area contributed by atoms with Crippen LogP contribution in [-0.4, -0.2) is 18.7 Å². The number of aryl methyl sites for hydroxylation is 2. The first-order valence-corrected chi connectivity index (χ1v) is 7.07. The number of carbonyl (C=O) groups excluding carboxylic acids is 1. The summed E-state index contributed by atoms with van der Waals surface area (Å²) >= 11 is 0. The Labute approximate surface area is 130 Å². The summed E-state index contributed by atoms with van der Waals surface area (Å²) in [5.41, 5.74) is 7.27. The van der Waals surface area contributed by atoms with Crippen LogP contribution in [0.4, 0.5) is 0 Å². The summed E-state index contributed by atoms with van der Waals surface area (Å²) in [4.78, 5) is 12.1. The lowest BCUT2D eigenvalue weighted by Gasteiger charge is -2.07. The molecule has 1 amide bonds. The summed E-state index contributed by atoms with van der Waals surface area (Å²) in [5, 5.41) is 4.19. The number of ether oxygens (including phenoxy) is 1. The molecule has 2 aromatic rings. The van der Waals surface area contributed by atoms with Gasteiger partial charge in [0.15, 0.2) is 0 Å². The van der Waals surface area contributed by atoms with Gasteiger partial charge in [-0.2, -0.15) is 5.10 Å². The predicted molar refractivity (Wildman–Crippen MR) is 88.6 cm³/mol. The molecule has 0 aliphatic rings. The zero-order valence-electron chi connectivity index (χ0n) is 13.3. The second kappa shape index (κ2) is 6.89. The van der Waals surface area contributed by atoms with Crippen LogP contribution in [0.25, 0.3) is 0 Å². The molecule has 0 atom stereocenters. The molecule has 2 rings (SSSR count). The van der Waals surface area contributed by atoms with E-state index in [4.69, 9.17) is 4.74 Å². The molecule has 4 nitrogen and oxygen atoms in total. The van der Waals surface area contributed by atoms with Crippen molar-refractivity contribution in [3.05, 3.63) is 64.7 Å². The first-order valence-electron chi connectivity index (χ1n) is 7.07. The summed E-state index contributed by atoms with van der Waals surface area (Å²) in [7, 11) is 1.59. The first kappa shape index (κ1) is 15.8. The maximum atomic E-state index is 12.1. The number of rotatable bonds is 4. The molecule has 0 bridgehead atoms. The first-order chi connectivity index (χ1) is 10.5. The highest BCUT2D eigenvalue weighted by Crippen LogP contribution is 2.12. The van der Waals surface area contributed by atoms with Crippen LogP contribution in [0, 0.1) is 13.8 Å². The maximum Gasteiger partial charge on any atom is 0.271 e. The van der Waals surface area contributed by atoms with E-state index in [0.29, 0.717) is 11.3 Å². The standard InChI is InChI=1S/C18H20N2O2/c1-12-5-10-17(13(2)11-12)14(3)19-20-18(21)15-6-8-16(22-4)9-7-15/h5-11H,1-4H3,(H,20,21)/b19-14-. The molecule has 0 aromatic heterocycles. The molecule has 0 unspecified atom stereocenters.